The number of carbonyl (C=O) groups excluding carboxylic acids is 1. The Morgan fingerprint density at radius 3 is 3.00 bits per heavy atom. The Balaban J connectivity index is 0.00000161. The molecule has 3 rings (SSSR count). The molecule has 2 atom stereocenters. The minimum absolute atomic E-state index is 0. The second kappa shape index (κ2) is 7.07. The van der Waals surface area contributed by atoms with Gasteiger partial charge in [0.1, 0.15) is 0 Å². The van der Waals surface area contributed by atoms with E-state index in [-0.39, 0.29) is 18.3 Å². The summed E-state index contributed by atoms with van der Waals surface area (Å²) in [6, 6.07) is 0.696. The molecule has 1 aromatic heterocycles. The van der Waals surface area contributed by atoms with Crippen molar-refractivity contribution in [2.75, 3.05) is 18.4 Å². The highest BCUT2D eigenvalue weighted by atomic mass is 35.5. The molecule has 1 amide bonds. The summed E-state index contributed by atoms with van der Waals surface area (Å²) in [7, 11) is 0. The van der Waals surface area contributed by atoms with E-state index in [1.54, 1.807) is 18.3 Å². The molecule has 1 saturated heterocycles. The van der Waals surface area contributed by atoms with E-state index in [1.807, 2.05) is 0 Å². The summed E-state index contributed by atoms with van der Waals surface area (Å²) in [5.74, 6) is 0.733. The van der Waals surface area contributed by atoms with E-state index in [0.717, 1.165) is 23.9 Å². The Kier molecular flexibility index (Phi) is 5.63. The fraction of sp³-hybridized carbons (Fsp3) is 0.733. The van der Waals surface area contributed by atoms with Gasteiger partial charge in [0.05, 0.1) is 5.69 Å². The van der Waals surface area contributed by atoms with Crippen LogP contribution in [0.2, 0.25) is 0 Å². The highest BCUT2D eigenvalue weighted by Gasteiger charge is 2.36. The van der Waals surface area contributed by atoms with Crippen molar-refractivity contribution < 1.29 is 4.79 Å². The Morgan fingerprint density at radius 1 is 1.48 bits per heavy atom. The molecule has 0 saturated carbocycles. The number of hydrogen-bond donors (Lipinski definition) is 1. The molecule has 0 bridgehead atoms. The number of piperidine rings is 1. The predicted molar refractivity (Wildman–Crippen MR) is 89.4 cm³/mol. The van der Waals surface area contributed by atoms with Gasteiger partial charge in [0.25, 0.3) is 0 Å². The Labute approximate surface area is 136 Å². The molecular weight excluding hydrogens is 306 g/mol. The van der Waals surface area contributed by atoms with Gasteiger partial charge in [0.15, 0.2) is 5.13 Å². The molecule has 0 aromatic carbocycles. The SMILES string of the molecule is CCCN1CCCC2Cc3nc(NC(C)=O)sc3CC21.Cl. The fourth-order valence-electron chi connectivity index (χ4n) is 3.66. The molecule has 1 aliphatic heterocycles. The zero-order valence-electron chi connectivity index (χ0n) is 12.7. The van der Waals surface area contributed by atoms with Gasteiger partial charge in [-0.15, -0.1) is 23.7 Å². The van der Waals surface area contributed by atoms with Gasteiger partial charge in [-0.3, -0.25) is 9.69 Å². The number of fused-ring (bicyclic) bond motifs is 2. The van der Waals surface area contributed by atoms with E-state index >= 15 is 0 Å². The first-order chi connectivity index (χ1) is 9.67. The number of carbonyl (C=O) groups is 1. The molecule has 2 unspecified atom stereocenters. The molecule has 1 aromatic rings. The third-order valence-electron chi connectivity index (χ3n) is 4.46. The maximum atomic E-state index is 11.2. The van der Waals surface area contributed by atoms with Crippen LogP contribution in [0.5, 0.6) is 0 Å². The Morgan fingerprint density at radius 2 is 2.29 bits per heavy atom. The van der Waals surface area contributed by atoms with Crippen LogP contribution in [0.4, 0.5) is 5.13 Å². The van der Waals surface area contributed by atoms with Crippen LogP contribution in [0.3, 0.4) is 0 Å². The number of amides is 1. The Bertz CT molecular complexity index is 503. The van der Waals surface area contributed by atoms with Crippen LogP contribution in [-0.2, 0) is 17.6 Å². The zero-order valence-corrected chi connectivity index (χ0v) is 14.4. The first-order valence-corrected chi connectivity index (χ1v) is 8.49. The normalized spacial score (nSPS) is 24.7. The number of aromatic nitrogens is 1. The van der Waals surface area contributed by atoms with Gasteiger partial charge in [0, 0.05) is 17.8 Å². The molecular formula is C15H24ClN3OS. The zero-order chi connectivity index (χ0) is 14.1. The number of halogens is 1. The lowest BCUT2D eigenvalue weighted by atomic mass is 9.79. The number of rotatable bonds is 3. The van der Waals surface area contributed by atoms with Crippen molar-refractivity contribution in [2.45, 2.75) is 52.0 Å². The standard InChI is InChI=1S/C15H23N3OS.ClH/c1-3-6-18-7-4-5-11-8-12-14(9-13(11)18)20-15(17-12)16-10(2)19;/h11,13H,3-9H2,1-2H3,(H,16,17,19);1H. The maximum absolute atomic E-state index is 11.2. The highest BCUT2D eigenvalue weighted by Crippen LogP contribution is 2.38. The maximum Gasteiger partial charge on any atom is 0.223 e. The van der Waals surface area contributed by atoms with E-state index in [2.05, 4.69) is 22.1 Å². The van der Waals surface area contributed by atoms with Gasteiger partial charge in [-0.25, -0.2) is 4.98 Å². The van der Waals surface area contributed by atoms with Crippen molar-refractivity contribution in [1.82, 2.24) is 9.88 Å². The van der Waals surface area contributed by atoms with Crippen molar-refractivity contribution in [2.24, 2.45) is 5.92 Å². The number of hydrogen-bond acceptors (Lipinski definition) is 4. The monoisotopic (exact) mass is 329 g/mol. The summed E-state index contributed by atoms with van der Waals surface area (Å²) in [4.78, 5) is 19.8. The number of anilines is 1. The molecule has 2 heterocycles. The van der Waals surface area contributed by atoms with E-state index in [0.29, 0.717) is 6.04 Å². The topological polar surface area (TPSA) is 45.2 Å². The first-order valence-electron chi connectivity index (χ1n) is 7.67. The summed E-state index contributed by atoms with van der Waals surface area (Å²) in [5.41, 5.74) is 1.23. The number of nitrogens with one attached hydrogen (secondary N) is 1. The summed E-state index contributed by atoms with van der Waals surface area (Å²) in [6.07, 6.45) is 6.10. The van der Waals surface area contributed by atoms with Gasteiger partial charge in [-0.05, 0) is 51.1 Å². The quantitative estimate of drug-likeness (QED) is 0.926. The average Bonchev–Trinajstić information content (AvgIpc) is 2.77. The van der Waals surface area contributed by atoms with Crippen LogP contribution in [0.1, 0.15) is 43.7 Å². The van der Waals surface area contributed by atoms with Crippen LogP contribution in [0.25, 0.3) is 0 Å². The smallest absolute Gasteiger partial charge is 0.223 e. The molecule has 0 spiro atoms. The van der Waals surface area contributed by atoms with Gasteiger partial charge >= 0.3 is 0 Å². The van der Waals surface area contributed by atoms with E-state index in [4.69, 9.17) is 0 Å². The van der Waals surface area contributed by atoms with Crippen LogP contribution >= 0.6 is 23.7 Å². The second-order valence-electron chi connectivity index (χ2n) is 5.98. The largest absolute Gasteiger partial charge is 0.302 e. The van der Waals surface area contributed by atoms with E-state index in [9.17, 15) is 4.79 Å². The lowest BCUT2D eigenvalue weighted by Gasteiger charge is -2.43. The predicted octanol–water partition coefficient (Wildman–Crippen LogP) is 3.11. The van der Waals surface area contributed by atoms with E-state index in [1.165, 1.54) is 42.9 Å². The van der Waals surface area contributed by atoms with Gasteiger partial charge in [-0.2, -0.15) is 0 Å². The fourth-order valence-corrected chi connectivity index (χ4v) is 4.74. The van der Waals surface area contributed by atoms with E-state index < -0.39 is 0 Å². The van der Waals surface area contributed by atoms with Gasteiger partial charge in [-0.1, -0.05) is 6.92 Å². The first kappa shape index (κ1) is 16.7. The Hall–Kier alpha value is -0.650. The van der Waals surface area contributed by atoms with Crippen molar-refractivity contribution in [3.05, 3.63) is 10.6 Å². The third kappa shape index (κ3) is 3.58. The van der Waals surface area contributed by atoms with Gasteiger partial charge in [0.2, 0.25) is 5.91 Å². The molecule has 1 fully saturated rings. The van der Waals surface area contributed by atoms with Crippen LogP contribution in [0.15, 0.2) is 0 Å². The lowest BCUT2D eigenvalue weighted by Crippen LogP contribution is -2.49. The molecule has 1 aliphatic carbocycles. The summed E-state index contributed by atoms with van der Waals surface area (Å²) in [6.45, 7) is 6.28. The van der Waals surface area contributed by atoms with Gasteiger partial charge < -0.3 is 5.32 Å². The molecule has 118 valence electrons. The second-order valence-corrected chi connectivity index (χ2v) is 7.07. The summed E-state index contributed by atoms with van der Waals surface area (Å²) < 4.78 is 0. The third-order valence-corrected chi connectivity index (χ3v) is 5.49. The van der Waals surface area contributed by atoms with Crippen molar-refractivity contribution in [3.8, 4) is 0 Å². The number of likely N-dealkylation sites (tertiary alicyclic amines) is 1. The van der Waals surface area contributed by atoms with Crippen LogP contribution in [0, 0.1) is 5.92 Å². The summed E-state index contributed by atoms with van der Waals surface area (Å²) >= 11 is 1.67. The average molecular weight is 330 g/mol. The van der Waals surface area contributed by atoms with Crippen LogP contribution in [-0.4, -0.2) is 34.9 Å². The molecule has 1 N–H and O–H groups in total. The molecule has 4 nitrogen and oxygen atoms in total. The van der Waals surface area contributed by atoms with Crippen molar-refractivity contribution in [3.63, 3.8) is 0 Å². The molecule has 0 radical (unpaired) electrons. The lowest BCUT2D eigenvalue weighted by molar-refractivity contribution is -0.114. The summed E-state index contributed by atoms with van der Waals surface area (Å²) in [5, 5.41) is 3.62. The molecule has 6 heteroatoms. The van der Waals surface area contributed by atoms with Crippen LogP contribution < -0.4 is 5.32 Å². The highest BCUT2D eigenvalue weighted by molar-refractivity contribution is 7.15. The van der Waals surface area contributed by atoms with Crippen molar-refractivity contribution >= 4 is 34.8 Å². The van der Waals surface area contributed by atoms with Crippen molar-refractivity contribution in [1.29, 1.82) is 0 Å². The number of thiazole rings is 1. The minimum Gasteiger partial charge on any atom is -0.302 e. The minimum atomic E-state index is -0.0267. The molecule has 21 heavy (non-hydrogen) atoms. The number of nitrogens with zero attached hydrogens (tertiary/aromatic N) is 2. The molecule has 2 aliphatic rings.